The van der Waals surface area contributed by atoms with Crippen molar-refractivity contribution in [1.82, 2.24) is 0 Å². The Kier molecular flexibility index (Phi) is 3.95. The molecule has 0 fully saturated rings. The Bertz CT molecular complexity index is 447. The highest BCUT2D eigenvalue weighted by Gasteiger charge is 2.19. The van der Waals surface area contributed by atoms with Crippen molar-refractivity contribution < 1.29 is 4.92 Å². The number of halogens is 1. The monoisotopic (exact) mass is 257 g/mol. The van der Waals surface area contributed by atoms with Crippen LogP contribution in [0.4, 0.5) is 11.4 Å². The second-order valence-corrected chi connectivity index (χ2v) is 5.00. The lowest BCUT2D eigenvalue weighted by Crippen LogP contribution is -2.39. The molecule has 3 N–H and O–H groups in total. The van der Waals surface area contributed by atoms with Crippen molar-refractivity contribution >= 4 is 23.0 Å². The van der Waals surface area contributed by atoms with E-state index in [1.54, 1.807) is 13.0 Å². The number of nitrogens with two attached hydrogens (primary N) is 1. The topological polar surface area (TPSA) is 81.2 Å². The number of nitro benzene ring substituents is 1. The first-order valence-corrected chi connectivity index (χ1v) is 5.57. The van der Waals surface area contributed by atoms with E-state index in [0.29, 0.717) is 6.54 Å². The van der Waals surface area contributed by atoms with Crippen LogP contribution in [-0.4, -0.2) is 17.0 Å². The zero-order chi connectivity index (χ0) is 13.2. The molecule has 0 aliphatic heterocycles. The third-order valence-corrected chi connectivity index (χ3v) is 2.78. The van der Waals surface area contributed by atoms with Crippen molar-refractivity contribution in [3.8, 4) is 0 Å². The van der Waals surface area contributed by atoms with Crippen LogP contribution in [0.2, 0.25) is 5.02 Å². The molecule has 0 aliphatic rings. The summed E-state index contributed by atoms with van der Waals surface area (Å²) in [5.74, 6) is 0. The highest BCUT2D eigenvalue weighted by molar-refractivity contribution is 6.33. The van der Waals surface area contributed by atoms with Crippen LogP contribution >= 0.6 is 11.6 Å². The number of rotatable bonds is 4. The molecule has 0 saturated carbocycles. The number of hydrogen-bond acceptors (Lipinski definition) is 4. The minimum absolute atomic E-state index is 0.0831. The smallest absolute Gasteiger partial charge is 0.288 e. The van der Waals surface area contributed by atoms with Crippen LogP contribution in [0.15, 0.2) is 12.1 Å². The summed E-state index contributed by atoms with van der Waals surface area (Å²) in [7, 11) is 0. The molecular formula is C11H16ClN3O2. The molecule has 0 unspecified atom stereocenters. The van der Waals surface area contributed by atoms with Gasteiger partial charge in [0.15, 0.2) is 0 Å². The van der Waals surface area contributed by atoms with E-state index >= 15 is 0 Å². The molecule has 0 aliphatic carbocycles. The number of nitrogens with one attached hydrogen (secondary N) is 1. The number of nitro groups is 1. The van der Waals surface area contributed by atoms with E-state index in [2.05, 4.69) is 5.32 Å². The van der Waals surface area contributed by atoms with E-state index in [-0.39, 0.29) is 16.2 Å². The highest BCUT2D eigenvalue weighted by Crippen LogP contribution is 2.31. The Labute approximate surface area is 105 Å². The third kappa shape index (κ3) is 3.31. The van der Waals surface area contributed by atoms with Gasteiger partial charge in [-0.15, -0.1) is 0 Å². The van der Waals surface area contributed by atoms with E-state index in [9.17, 15) is 10.1 Å². The molecule has 0 heterocycles. The van der Waals surface area contributed by atoms with Gasteiger partial charge in [-0.2, -0.15) is 0 Å². The lowest BCUT2D eigenvalue weighted by molar-refractivity contribution is -0.384. The Morgan fingerprint density at radius 1 is 1.53 bits per heavy atom. The van der Waals surface area contributed by atoms with Crippen molar-refractivity contribution in [3.05, 3.63) is 32.8 Å². The lowest BCUT2D eigenvalue weighted by atomic mass is 10.0. The quantitative estimate of drug-likeness (QED) is 0.642. The second-order valence-electron chi connectivity index (χ2n) is 4.59. The molecule has 1 rings (SSSR count). The molecule has 0 aromatic heterocycles. The minimum Gasteiger partial charge on any atom is -0.379 e. The van der Waals surface area contributed by atoms with E-state index in [1.807, 2.05) is 13.8 Å². The lowest BCUT2D eigenvalue weighted by Gasteiger charge is -2.26. The normalized spacial score (nSPS) is 11.4. The SMILES string of the molecule is Cc1cc([N+](=O)[O-])c(Cl)cc1NC(C)(C)CN. The molecule has 17 heavy (non-hydrogen) atoms. The molecule has 6 heteroatoms. The summed E-state index contributed by atoms with van der Waals surface area (Å²) in [6, 6.07) is 3.02. The Balaban J connectivity index is 3.12. The van der Waals surface area contributed by atoms with Gasteiger partial charge in [-0.3, -0.25) is 10.1 Å². The summed E-state index contributed by atoms with van der Waals surface area (Å²) in [6.07, 6.45) is 0. The fourth-order valence-corrected chi connectivity index (χ4v) is 1.59. The summed E-state index contributed by atoms with van der Waals surface area (Å²) in [5.41, 5.74) is 6.77. The van der Waals surface area contributed by atoms with Gasteiger partial charge in [-0.05, 0) is 32.4 Å². The van der Waals surface area contributed by atoms with Gasteiger partial charge in [0.2, 0.25) is 0 Å². The van der Waals surface area contributed by atoms with Gasteiger partial charge in [-0.1, -0.05) is 11.6 Å². The number of aryl methyl sites for hydroxylation is 1. The van der Waals surface area contributed by atoms with E-state index in [1.165, 1.54) is 6.07 Å². The number of nitrogens with zero attached hydrogens (tertiary/aromatic N) is 1. The van der Waals surface area contributed by atoms with Gasteiger partial charge >= 0.3 is 0 Å². The van der Waals surface area contributed by atoms with Gasteiger partial charge in [0.05, 0.1) is 4.92 Å². The van der Waals surface area contributed by atoms with E-state index < -0.39 is 4.92 Å². The summed E-state index contributed by atoms with van der Waals surface area (Å²) >= 11 is 5.86. The minimum atomic E-state index is -0.493. The molecule has 1 aromatic rings. The van der Waals surface area contributed by atoms with Crippen LogP contribution < -0.4 is 11.1 Å². The van der Waals surface area contributed by atoms with Gasteiger partial charge in [0.25, 0.3) is 5.69 Å². The molecule has 0 atom stereocenters. The van der Waals surface area contributed by atoms with E-state index in [0.717, 1.165) is 11.3 Å². The molecule has 0 radical (unpaired) electrons. The molecule has 1 aromatic carbocycles. The predicted molar refractivity (Wildman–Crippen MR) is 69.6 cm³/mol. The standard InChI is InChI=1S/C11H16ClN3O2/c1-7-4-10(15(16)17)8(12)5-9(7)14-11(2,3)6-13/h4-5,14H,6,13H2,1-3H3. The predicted octanol–water partition coefficient (Wildman–Crippen LogP) is 2.71. The fourth-order valence-electron chi connectivity index (χ4n) is 1.36. The highest BCUT2D eigenvalue weighted by atomic mass is 35.5. The van der Waals surface area contributed by atoms with Crippen molar-refractivity contribution in [2.75, 3.05) is 11.9 Å². The Morgan fingerprint density at radius 3 is 2.59 bits per heavy atom. The van der Waals surface area contributed by atoms with Crippen molar-refractivity contribution in [2.45, 2.75) is 26.3 Å². The average molecular weight is 258 g/mol. The van der Waals surface area contributed by atoms with Crippen molar-refractivity contribution in [1.29, 1.82) is 0 Å². The van der Waals surface area contributed by atoms with Gasteiger partial charge < -0.3 is 11.1 Å². The summed E-state index contributed by atoms with van der Waals surface area (Å²) in [5, 5.41) is 14.0. The van der Waals surface area contributed by atoms with Gasteiger partial charge in [0.1, 0.15) is 5.02 Å². The van der Waals surface area contributed by atoms with Crippen LogP contribution in [0.1, 0.15) is 19.4 Å². The summed E-state index contributed by atoms with van der Waals surface area (Å²) < 4.78 is 0. The van der Waals surface area contributed by atoms with Gasteiger partial charge in [0, 0.05) is 23.8 Å². The maximum atomic E-state index is 10.7. The zero-order valence-corrected chi connectivity index (χ0v) is 10.8. The first-order valence-electron chi connectivity index (χ1n) is 5.19. The second kappa shape index (κ2) is 4.89. The summed E-state index contributed by atoms with van der Waals surface area (Å²) in [4.78, 5) is 10.2. The van der Waals surface area contributed by atoms with E-state index in [4.69, 9.17) is 17.3 Å². The number of anilines is 1. The van der Waals surface area contributed by atoms with Crippen molar-refractivity contribution in [2.24, 2.45) is 5.73 Å². The molecule has 0 spiro atoms. The molecule has 0 amide bonds. The molecular weight excluding hydrogens is 242 g/mol. The Hall–Kier alpha value is -1.33. The van der Waals surface area contributed by atoms with Crippen LogP contribution in [0.5, 0.6) is 0 Å². The average Bonchev–Trinajstić information content (AvgIpc) is 2.22. The number of hydrogen-bond donors (Lipinski definition) is 2. The van der Waals surface area contributed by atoms with Crippen LogP contribution in [-0.2, 0) is 0 Å². The van der Waals surface area contributed by atoms with Crippen molar-refractivity contribution in [3.63, 3.8) is 0 Å². The fraction of sp³-hybridized carbons (Fsp3) is 0.455. The molecule has 0 bridgehead atoms. The summed E-state index contributed by atoms with van der Waals surface area (Å²) in [6.45, 7) is 6.13. The zero-order valence-electron chi connectivity index (χ0n) is 10.1. The largest absolute Gasteiger partial charge is 0.379 e. The van der Waals surface area contributed by atoms with Crippen LogP contribution in [0.3, 0.4) is 0 Å². The van der Waals surface area contributed by atoms with Gasteiger partial charge in [-0.25, -0.2) is 0 Å². The first-order chi connectivity index (χ1) is 7.76. The first kappa shape index (κ1) is 13.7. The van der Waals surface area contributed by atoms with Crippen LogP contribution in [0, 0.1) is 17.0 Å². The maximum absolute atomic E-state index is 10.7. The third-order valence-electron chi connectivity index (χ3n) is 2.47. The molecule has 94 valence electrons. The maximum Gasteiger partial charge on any atom is 0.288 e. The van der Waals surface area contributed by atoms with Crippen LogP contribution in [0.25, 0.3) is 0 Å². The molecule has 0 saturated heterocycles. The molecule has 5 nitrogen and oxygen atoms in total. The Morgan fingerprint density at radius 2 is 2.12 bits per heavy atom. The number of benzene rings is 1.